The van der Waals surface area contributed by atoms with E-state index in [2.05, 4.69) is 9.59 Å². The summed E-state index contributed by atoms with van der Waals surface area (Å²) in [5.74, 6) is -0.141. The second-order valence-electron chi connectivity index (χ2n) is 4.73. The molecule has 2 saturated heterocycles. The highest BCUT2D eigenvalue weighted by molar-refractivity contribution is 7.03. The van der Waals surface area contributed by atoms with E-state index in [9.17, 15) is 9.59 Å². The van der Waals surface area contributed by atoms with Crippen molar-refractivity contribution in [3.05, 3.63) is 11.1 Å². The van der Waals surface area contributed by atoms with Crippen molar-refractivity contribution in [2.45, 2.75) is 24.9 Å². The van der Waals surface area contributed by atoms with Crippen molar-refractivity contribution in [2.24, 2.45) is 0 Å². The number of aliphatic hydroxyl groups excluding tert-OH is 1. The topological polar surface area (TPSA) is 86.6 Å². The van der Waals surface area contributed by atoms with Gasteiger partial charge in [0.25, 0.3) is 5.91 Å². The van der Waals surface area contributed by atoms with Gasteiger partial charge in [0, 0.05) is 24.9 Å². The summed E-state index contributed by atoms with van der Waals surface area (Å²) >= 11 is 1.14. The van der Waals surface area contributed by atoms with Crippen LogP contribution in [0.15, 0.2) is 5.38 Å². The number of fused-ring (bicyclic) bond motifs is 1. The lowest BCUT2D eigenvalue weighted by Gasteiger charge is -2.24. The zero-order valence-corrected chi connectivity index (χ0v) is 11.0. The van der Waals surface area contributed by atoms with Gasteiger partial charge in [-0.3, -0.25) is 9.59 Å². The molecule has 1 N–H and O–H groups in total. The number of nitrogens with zero attached hydrogens (tertiary/aromatic N) is 4. The largest absolute Gasteiger partial charge is 0.395 e. The highest BCUT2D eigenvalue weighted by atomic mass is 32.1. The van der Waals surface area contributed by atoms with Gasteiger partial charge in [-0.2, -0.15) is 0 Å². The number of carbonyl (C=O) groups is 2. The third kappa shape index (κ3) is 2.00. The molecule has 102 valence electrons. The van der Waals surface area contributed by atoms with Crippen molar-refractivity contribution in [1.29, 1.82) is 0 Å². The number of likely N-dealkylation sites (tertiary alicyclic amines) is 2. The Bertz CT molecular complexity index is 492. The Morgan fingerprint density at radius 2 is 2.37 bits per heavy atom. The van der Waals surface area contributed by atoms with E-state index in [4.69, 9.17) is 5.11 Å². The average molecular weight is 282 g/mol. The van der Waals surface area contributed by atoms with Gasteiger partial charge in [0.15, 0.2) is 5.69 Å². The highest BCUT2D eigenvalue weighted by Crippen LogP contribution is 2.32. The summed E-state index contributed by atoms with van der Waals surface area (Å²) in [6, 6.07) is -0.0524. The van der Waals surface area contributed by atoms with E-state index >= 15 is 0 Å². The molecule has 0 spiro atoms. The Hall–Kier alpha value is -1.54. The summed E-state index contributed by atoms with van der Waals surface area (Å²) in [4.78, 5) is 27.6. The van der Waals surface area contributed by atoms with E-state index in [1.165, 1.54) is 0 Å². The number of aromatic nitrogens is 2. The monoisotopic (exact) mass is 282 g/mol. The van der Waals surface area contributed by atoms with E-state index in [-0.39, 0.29) is 30.5 Å². The number of hydrogen-bond acceptors (Lipinski definition) is 6. The van der Waals surface area contributed by atoms with Gasteiger partial charge >= 0.3 is 0 Å². The zero-order chi connectivity index (χ0) is 13.4. The van der Waals surface area contributed by atoms with Crippen LogP contribution in [0.2, 0.25) is 0 Å². The van der Waals surface area contributed by atoms with Crippen LogP contribution in [0.4, 0.5) is 0 Å². The Morgan fingerprint density at radius 1 is 1.53 bits per heavy atom. The molecule has 3 heterocycles. The maximum atomic E-state index is 12.3. The van der Waals surface area contributed by atoms with Gasteiger partial charge in [0.05, 0.1) is 18.7 Å². The number of rotatable bonds is 3. The van der Waals surface area contributed by atoms with Crippen molar-refractivity contribution in [1.82, 2.24) is 19.4 Å². The first-order chi connectivity index (χ1) is 9.22. The Kier molecular flexibility index (Phi) is 3.19. The van der Waals surface area contributed by atoms with Crippen LogP contribution >= 0.6 is 11.5 Å². The van der Waals surface area contributed by atoms with Crippen molar-refractivity contribution in [3.8, 4) is 0 Å². The molecule has 0 unspecified atom stereocenters. The van der Waals surface area contributed by atoms with E-state index in [0.29, 0.717) is 25.2 Å². The van der Waals surface area contributed by atoms with E-state index in [1.54, 1.807) is 15.2 Å². The van der Waals surface area contributed by atoms with Gasteiger partial charge in [-0.25, -0.2) is 0 Å². The first-order valence-electron chi connectivity index (χ1n) is 6.20. The lowest BCUT2D eigenvalue weighted by molar-refractivity contribution is -0.129. The molecule has 2 aliphatic heterocycles. The number of hydrogen-bond donors (Lipinski definition) is 1. The minimum atomic E-state index is -0.153. The molecule has 8 heteroatoms. The van der Waals surface area contributed by atoms with Crippen LogP contribution in [0.1, 0.15) is 23.3 Å². The molecule has 19 heavy (non-hydrogen) atoms. The van der Waals surface area contributed by atoms with Crippen molar-refractivity contribution < 1.29 is 14.7 Å². The highest BCUT2D eigenvalue weighted by Gasteiger charge is 2.48. The second kappa shape index (κ2) is 4.86. The SMILES string of the molecule is O=C(c1csnn1)N1CC[C@H]2[C@H]1CC(=O)N2CCO. The van der Waals surface area contributed by atoms with Crippen molar-refractivity contribution in [3.63, 3.8) is 0 Å². The smallest absolute Gasteiger partial charge is 0.275 e. The molecule has 2 amide bonds. The summed E-state index contributed by atoms with van der Waals surface area (Å²) < 4.78 is 3.69. The molecule has 2 fully saturated rings. The fourth-order valence-corrected chi connectivity index (χ4v) is 3.41. The number of β-amino-alcohol motifs (C(OH)–C–C–N with tert-alkyl or cyclic N) is 1. The maximum absolute atomic E-state index is 12.3. The maximum Gasteiger partial charge on any atom is 0.275 e. The summed E-state index contributed by atoms with van der Waals surface area (Å²) in [6.45, 7) is 0.931. The van der Waals surface area contributed by atoms with Crippen LogP contribution in [0, 0.1) is 0 Å². The van der Waals surface area contributed by atoms with Gasteiger partial charge < -0.3 is 14.9 Å². The minimum Gasteiger partial charge on any atom is -0.395 e. The van der Waals surface area contributed by atoms with Crippen LogP contribution in [0.3, 0.4) is 0 Å². The standard InChI is InChI=1S/C11H14N4O3S/c16-4-3-14-8-1-2-15(9(8)5-10(14)17)11(18)7-6-19-13-12-7/h6,8-9,16H,1-5H2/t8-,9+/m0/s1. The van der Waals surface area contributed by atoms with Crippen LogP contribution in [-0.4, -0.2) is 68.1 Å². The zero-order valence-electron chi connectivity index (χ0n) is 10.2. The Morgan fingerprint density at radius 3 is 3.05 bits per heavy atom. The van der Waals surface area contributed by atoms with Gasteiger partial charge in [0.2, 0.25) is 5.91 Å². The van der Waals surface area contributed by atoms with Crippen LogP contribution < -0.4 is 0 Å². The third-order valence-electron chi connectivity index (χ3n) is 3.80. The van der Waals surface area contributed by atoms with Crippen molar-refractivity contribution in [2.75, 3.05) is 19.7 Å². The van der Waals surface area contributed by atoms with Gasteiger partial charge in [-0.1, -0.05) is 4.49 Å². The summed E-state index contributed by atoms with van der Waals surface area (Å²) in [7, 11) is 0. The molecule has 0 aliphatic carbocycles. The van der Waals surface area contributed by atoms with Crippen LogP contribution in [-0.2, 0) is 4.79 Å². The predicted octanol–water partition coefficient (Wildman–Crippen LogP) is -0.654. The summed E-state index contributed by atoms with van der Waals surface area (Å²) in [6.07, 6.45) is 1.10. The number of amides is 2. The first-order valence-corrected chi connectivity index (χ1v) is 7.04. The van der Waals surface area contributed by atoms with Crippen molar-refractivity contribution >= 4 is 23.3 Å². The number of carbonyl (C=O) groups excluding carboxylic acids is 2. The average Bonchev–Trinajstić information content (AvgIpc) is 3.08. The molecule has 2 atom stereocenters. The van der Waals surface area contributed by atoms with Gasteiger partial charge in [0.1, 0.15) is 0 Å². The summed E-state index contributed by atoms with van der Waals surface area (Å²) in [5.41, 5.74) is 0.346. The van der Waals surface area contributed by atoms with E-state index < -0.39 is 0 Å². The Labute approximate surface area is 114 Å². The normalized spacial score (nSPS) is 26.1. The quantitative estimate of drug-likeness (QED) is 0.796. The second-order valence-corrected chi connectivity index (χ2v) is 5.34. The molecular weight excluding hydrogens is 268 g/mol. The minimum absolute atomic E-state index is 0.0120. The van der Waals surface area contributed by atoms with E-state index in [0.717, 1.165) is 18.0 Å². The summed E-state index contributed by atoms with van der Waals surface area (Å²) in [5, 5.41) is 14.4. The Balaban J connectivity index is 1.77. The first kappa shape index (κ1) is 12.5. The lowest BCUT2D eigenvalue weighted by Crippen LogP contribution is -2.40. The molecule has 7 nitrogen and oxygen atoms in total. The molecule has 1 aromatic heterocycles. The molecule has 1 aromatic rings. The molecule has 3 rings (SSSR count). The fraction of sp³-hybridized carbons (Fsp3) is 0.636. The molecule has 0 bridgehead atoms. The van der Waals surface area contributed by atoms with Gasteiger partial charge in [-0.05, 0) is 18.0 Å². The fourth-order valence-electron chi connectivity index (χ4n) is 2.98. The molecule has 0 aromatic carbocycles. The molecule has 2 aliphatic rings. The molecular formula is C11H14N4O3S. The number of aliphatic hydroxyl groups is 1. The van der Waals surface area contributed by atoms with Crippen LogP contribution in [0.25, 0.3) is 0 Å². The molecule has 0 saturated carbocycles. The van der Waals surface area contributed by atoms with Gasteiger partial charge in [-0.15, -0.1) is 5.10 Å². The molecule has 0 radical (unpaired) electrons. The lowest BCUT2D eigenvalue weighted by atomic mass is 10.1. The predicted molar refractivity (Wildman–Crippen MR) is 66.6 cm³/mol. The van der Waals surface area contributed by atoms with Crippen LogP contribution in [0.5, 0.6) is 0 Å². The van der Waals surface area contributed by atoms with E-state index in [1.807, 2.05) is 0 Å². The third-order valence-corrected chi connectivity index (χ3v) is 4.30.